The first kappa shape index (κ1) is 17.8. The first-order valence-corrected chi connectivity index (χ1v) is 9.95. The summed E-state index contributed by atoms with van der Waals surface area (Å²) in [5.41, 5.74) is 1.71. The SMILES string of the molecule is CC(Sc1nnnn1C1CCCCC1)C(=O)Nc1ccc2[nH]c(=O)[nH]c2c1. The Kier molecular flexibility index (Phi) is 4.97. The van der Waals surface area contributed by atoms with E-state index in [-0.39, 0.29) is 16.8 Å². The van der Waals surface area contributed by atoms with Gasteiger partial charge in [-0.1, -0.05) is 31.0 Å². The summed E-state index contributed by atoms with van der Waals surface area (Å²) < 4.78 is 1.87. The highest BCUT2D eigenvalue weighted by atomic mass is 32.2. The topological polar surface area (TPSA) is 121 Å². The van der Waals surface area contributed by atoms with Gasteiger partial charge in [-0.15, -0.1) is 5.10 Å². The molecule has 4 rings (SSSR count). The van der Waals surface area contributed by atoms with Crippen LogP contribution in [0.1, 0.15) is 45.1 Å². The Bertz CT molecular complexity index is 1000. The molecule has 2 heterocycles. The second-order valence-electron chi connectivity index (χ2n) is 6.79. The molecule has 1 aliphatic rings. The number of benzene rings is 1. The summed E-state index contributed by atoms with van der Waals surface area (Å²) in [6.07, 6.45) is 5.79. The fourth-order valence-corrected chi connectivity index (χ4v) is 4.24. The lowest BCUT2D eigenvalue weighted by Gasteiger charge is -2.22. The lowest BCUT2D eigenvalue weighted by molar-refractivity contribution is -0.115. The Morgan fingerprint density at radius 1 is 1.26 bits per heavy atom. The highest BCUT2D eigenvalue weighted by Crippen LogP contribution is 2.31. The molecule has 9 nitrogen and oxygen atoms in total. The van der Waals surface area contributed by atoms with Crippen LogP contribution in [0.15, 0.2) is 28.2 Å². The molecule has 1 unspecified atom stereocenters. The fourth-order valence-electron chi connectivity index (χ4n) is 3.38. The standard InChI is InChI=1S/C17H21N7O2S/c1-10(27-17-21-22-23-24(17)12-5-3-2-4-6-12)15(25)18-11-7-8-13-14(9-11)20-16(26)19-13/h7-10,12H,2-6H2,1H3,(H,18,25)(H2,19,20,26). The van der Waals surface area contributed by atoms with Gasteiger partial charge in [0, 0.05) is 5.69 Å². The van der Waals surface area contributed by atoms with Crippen molar-refractivity contribution < 1.29 is 4.79 Å². The molecule has 1 aromatic carbocycles. The number of amides is 1. The van der Waals surface area contributed by atoms with E-state index in [9.17, 15) is 9.59 Å². The maximum absolute atomic E-state index is 12.6. The van der Waals surface area contributed by atoms with Crippen LogP contribution in [0.3, 0.4) is 0 Å². The molecule has 3 aromatic rings. The summed E-state index contributed by atoms with van der Waals surface area (Å²) in [4.78, 5) is 29.3. The van der Waals surface area contributed by atoms with E-state index in [1.807, 2.05) is 11.6 Å². The van der Waals surface area contributed by atoms with E-state index in [1.54, 1.807) is 18.2 Å². The number of carbonyl (C=O) groups is 1. The van der Waals surface area contributed by atoms with E-state index in [2.05, 4.69) is 30.8 Å². The number of fused-ring (bicyclic) bond motifs is 1. The van der Waals surface area contributed by atoms with Gasteiger partial charge >= 0.3 is 5.69 Å². The van der Waals surface area contributed by atoms with E-state index in [0.717, 1.165) is 12.8 Å². The third-order valence-electron chi connectivity index (χ3n) is 4.82. The van der Waals surface area contributed by atoms with Crippen molar-refractivity contribution in [3.63, 3.8) is 0 Å². The van der Waals surface area contributed by atoms with Gasteiger partial charge in [0.25, 0.3) is 0 Å². The summed E-state index contributed by atoms with van der Waals surface area (Å²) in [6, 6.07) is 5.56. The van der Waals surface area contributed by atoms with E-state index in [1.165, 1.54) is 31.0 Å². The van der Waals surface area contributed by atoms with Crippen molar-refractivity contribution in [3.05, 3.63) is 28.7 Å². The molecule has 142 valence electrons. The third kappa shape index (κ3) is 3.90. The summed E-state index contributed by atoms with van der Waals surface area (Å²) in [5.74, 6) is -0.143. The van der Waals surface area contributed by atoms with Crippen LogP contribution in [0.2, 0.25) is 0 Å². The minimum Gasteiger partial charge on any atom is -0.325 e. The van der Waals surface area contributed by atoms with Crippen LogP contribution in [0.4, 0.5) is 5.69 Å². The molecule has 10 heteroatoms. The number of hydrogen-bond donors (Lipinski definition) is 3. The van der Waals surface area contributed by atoms with Gasteiger partial charge in [0.15, 0.2) is 0 Å². The number of hydrogen-bond acceptors (Lipinski definition) is 6. The van der Waals surface area contributed by atoms with Gasteiger partial charge < -0.3 is 15.3 Å². The number of anilines is 1. The molecule has 0 radical (unpaired) electrons. The number of carbonyl (C=O) groups excluding carboxylic acids is 1. The smallest absolute Gasteiger partial charge is 0.323 e. The van der Waals surface area contributed by atoms with Crippen LogP contribution in [0, 0.1) is 0 Å². The molecule has 1 fully saturated rings. The number of thioether (sulfide) groups is 1. The highest BCUT2D eigenvalue weighted by molar-refractivity contribution is 8.00. The van der Waals surface area contributed by atoms with Gasteiger partial charge in [0.05, 0.1) is 22.3 Å². The normalized spacial score (nSPS) is 16.5. The maximum atomic E-state index is 12.6. The lowest BCUT2D eigenvalue weighted by Crippen LogP contribution is -2.23. The second-order valence-corrected chi connectivity index (χ2v) is 8.09. The summed E-state index contributed by atoms with van der Waals surface area (Å²) in [6.45, 7) is 1.83. The van der Waals surface area contributed by atoms with E-state index in [4.69, 9.17) is 0 Å². The number of H-pyrrole nitrogens is 2. The monoisotopic (exact) mass is 387 g/mol. The Balaban J connectivity index is 1.43. The van der Waals surface area contributed by atoms with Crippen molar-refractivity contribution >= 4 is 34.4 Å². The molecule has 1 amide bonds. The van der Waals surface area contributed by atoms with Crippen molar-refractivity contribution in [3.8, 4) is 0 Å². The second kappa shape index (κ2) is 7.55. The highest BCUT2D eigenvalue weighted by Gasteiger charge is 2.24. The van der Waals surface area contributed by atoms with Crippen LogP contribution in [-0.4, -0.2) is 41.3 Å². The Morgan fingerprint density at radius 3 is 2.85 bits per heavy atom. The number of imidazole rings is 1. The number of nitrogens with one attached hydrogen (secondary N) is 3. The Hall–Kier alpha value is -2.62. The van der Waals surface area contributed by atoms with E-state index >= 15 is 0 Å². The van der Waals surface area contributed by atoms with Crippen molar-refractivity contribution in [2.45, 2.75) is 55.5 Å². The number of aromatic nitrogens is 6. The van der Waals surface area contributed by atoms with Crippen molar-refractivity contribution in [2.24, 2.45) is 0 Å². The van der Waals surface area contributed by atoms with Gasteiger partial charge in [0.2, 0.25) is 11.1 Å². The van der Waals surface area contributed by atoms with Crippen molar-refractivity contribution in [2.75, 3.05) is 5.32 Å². The quantitative estimate of drug-likeness (QED) is 0.578. The molecule has 27 heavy (non-hydrogen) atoms. The molecule has 1 saturated carbocycles. The average Bonchev–Trinajstić information content (AvgIpc) is 3.27. The van der Waals surface area contributed by atoms with Crippen molar-refractivity contribution in [1.29, 1.82) is 0 Å². The summed E-state index contributed by atoms with van der Waals surface area (Å²) >= 11 is 1.36. The molecular formula is C17H21N7O2S. The fraction of sp³-hybridized carbons (Fsp3) is 0.471. The molecule has 1 aliphatic carbocycles. The van der Waals surface area contributed by atoms with Gasteiger partial charge in [-0.2, -0.15) is 0 Å². The molecule has 0 bridgehead atoms. The number of rotatable bonds is 5. The van der Waals surface area contributed by atoms with Crippen LogP contribution < -0.4 is 11.0 Å². The van der Waals surface area contributed by atoms with Crippen LogP contribution in [0.5, 0.6) is 0 Å². The number of tetrazole rings is 1. The zero-order chi connectivity index (χ0) is 18.8. The molecule has 0 saturated heterocycles. The molecule has 2 aromatic heterocycles. The molecule has 1 atom stereocenters. The minimum absolute atomic E-state index is 0.143. The molecule has 3 N–H and O–H groups in total. The van der Waals surface area contributed by atoms with Crippen LogP contribution >= 0.6 is 11.8 Å². The van der Waals surface area contributed by atoms with E-state index in [0.29, 0.717) is 27.9 Å². The molecule has 0 aliphatic heterocycles. The summed E-state index contributed by atoms with van der Waals surface area (Å²) in [5, 5.41) is 15.2. The maximum Gasteiger partial charge on any atom is 0.323 e. The Labute approximate surface area is 159 Å². The largest absolute Gasteiger partial charge is 0.325 e. The Morgan fingerprint density at radius 2 is 2.04 bits per heavy atom. The zero-order valence-electron chi connectivity index (χ0n) is 14.9. The van der Waals surface area contributed by atoms with Crippen molar-refractivity contribution in [1.82, 2.24) is 30.2 Å². The van der Waals surface area contributed by atoms with Crippen LogP contribution in [-0.2, 0) is 4.79 Å². The van der Waals surface area contributed by atoms with E-state index < -0.39 is 0 Å². The average molecular weight is 387 g/mol. The lowest BCUT2D eigenvalue weighted by atomic mass is 9.96. The third-order valence-corrected chi connectivity index (χ3v) is 5.87. The van der Waals surface area contributed by atoms with Crippen LogP contribution in [0.25, 0.3) is 11.0 Å². The first-order valence-electron chi connectivity index (χ1n) is 9.07. The predicted octanol–water partition coefficient (Wildman–Crippen LogP) is 2.47. The predicted molar refractivity (Wildman–Crippen MR) is 103 cm³/mol. The first-order chi connectivity index (χ1) is 13.1. The van der Waals surface area contributed by atoms with Gasteiger partial charge in [-0.05, 0) is 48.4 Å². The number of nitrogens with zero attached hydrogens (tertiary/aromatic N) is 4. The van der Waals surface area contributed by atoms with Gasteiger partial charge in [-0.3, -0.25) is 4.79 Å². The molecular weight excluding hydrogens is 366 g/mol. The van der Waals surface area contributed by atoms with Gasteiger partial charge in [0.1, 0.15) is 0 Å². The molecule has 0 spiro atoms. The number of aromatic amines is 2. The van der Waals surface area contributed by atoms with Gasteiger partial charge in [-0.25, -0.2) is 9.48 Å². The minimum atomic E-state index is -0.362. The zero-order valence-corrected chi connectivity index (χ0v) is 15.8. The summed E-state index contributed by atoms with van der Waals surface area (Å²) in [7, 11) is 0.